The van der Waals surface area contributed by atoms with Gasteiger partial charge in [-0.3, -0.25) is 14.4 Å². The minimum atomic E-state index is -0.235. The van der Waals surface area contributed by atoms with Gasteiger partial charge in [-0.25, -0.2) is 0 Å². The van der Waals surface area contributed by atoms with Crippen LogP contribution in [0.3, 0.4) is 0 Å². The number of nitrogens with one attached hydrogen (secondary N) is 2. The van der Waals surface area contributed by atoms with Crippen molar-refractivity contribution in [1.29, 1.82) is 0 Å². The minimum Gasteiger partial charge on any atom is -0.338 e. The SMILES string of the molecule is O=C1CCSc2ccc(C(=O)Nc3cccc(CN4CCCC4=O)c3)cc2N1. The van der Waals surface area contributed by atoms with Gasteiger partial charge in [0.25, 0.3) is 5.91 Å². The van der Waals surface area contributed by atoms with Crippen molar-refractivity contribution < 1.29 is 14.4 Å². The molecule has 1 fully saturated rings. The number of likely N-dealkylation sites (tertiary alicyclic amines) is 1. The number of benzene rings is 2. The fourth-order valence-electron chi connectivity index (χ4n) is 3.40. The molecule has 6 nitrogen and oxygen atoms in total. The Morgan fingerprint density at radius 1 is 1.14 bits per heavy atom. The highest BCUT2D eigenvalue weighted by atomic mass is 32.2. The van der Waals surface area contributed by atoms with Crippen molar-refractivity contribution in [3.63, 3.8) is 0 Å². The van der Waals surface area contributed by atoms with Crippen LogP contribution in [0.5, 0.6) is 0 Å². The van der Waals surface area contributed by atoms with Crippen LogP contribution in [0.4, 0.5) is 11.4 Å². The molecule has 0 spiro atoms. The number of hydrogen-bond donors (Lipinski definition) is 2. The smallest absolute Gasteiger partial charge is 0.255 e. The van der Waals surface area contributed by atoms with E-state index in [1.54, 1.807) is 23.9 Å². The Kier molecular flexibility index (Phi) is 5.34. The summed E-state index contributed by atoms with van der Waals surface area (Å²) in [5.74, 6) is 0.643. The second kappa shape index (κ2) is 8.06. The summed E-state index contributed by atoms with van der Waals surface area (Å²) in [4.78, 5) is 39.1. The molecule has 0 saturated carbocycles. The summed E-state index contributed by atoms with van der Waals surface area (Å²) in [6.45, 7) is 1.35. The molecule has 2 heterocycles. The van der Waals surface area contributed by atoms with Crippen molar-refractivity contribution in [2.75, 3.05) is 22.9 Å². The van der Waals surface area contributed by atoms with Gasteiger partial charge in [-0.15, -0.1) is 11.8 Å². The lowest BCUT2D eigenvalue weighted by molar-refractivity contribution is -0.128. The molecular formula is C21H21N3O3S. The van der Waals surface area contributed by atoms with Gasteiger partial charge in [0.1, 0.15) is 0 Å². The fourth-order valence-corrected chi connectivity index (χ4v) is 4.34. The second-order valence-corrected chi connectivity index (χ2v) is 8.07. The highest BCUT2D eigenvalue weighted by molar-refractivity contribution is 7.99. The van der Waals surface area contributed by atoms with Gasteiger partial charge in [0.2, 0.25) is 11.8 Å². The van der Waals surface area contributed by atoms with Crippen LogP contribution >= 0.6 is 11.8 Å². The predicted octanol–water partition coefficient (Wildman–Crippen LogP) is 3.50. The summed E-state index contributed by atoms with van der Waals surface area (Å²) in [5.41, 5.74) is 2.84. The van der Waals surface area contributed by atoms with E-state index in [1.165, 1.54) is 0 Å². The third kappa shape index (κ3) is 4.20. The number of amides is 3. The van der Waals surface area contributed by atoms with Gasteiger partial charge in [0, 0.05) is 47.8 Å². The molecule has 0 unspecified atom stereocenters. The average molecular weight is 395 g/mol. The van der Waals surface area contributed by atoms with Gasteiger partial charge in [0.15, 0.2) is 0 Å². The Bertz CT molecular complexity index is 944. The first-order valence-corrected chi connectivity index (χ1v) is 10.3. The van der Waals surface area contributed by atoms with E-state index in [9.17, 15) is 14.4 Å². The van der Waals surface area contributed by atoms with E-state index in [2.05, 4.69) is 10.6 Å². The molecule has 2 N–H and O–H groups in total. The summed E-state index contributed by atoms with van der Waals surface area (Å²) >= 11 is 1.61. The molecule has 2 aliphatic rings. The van der Waals surface area contributed by atoms with Gasteiger partial charge in [-0.1, -0.05) is 12.1 Å². The summed E-state index contributed by atoms with van der Waals surface area (Å²) in [5, 5.41) is 5.76. The lowest BCUT2D eigenvalue weighted by Crippen LogP contribution is -2.23. The first-order valence-electron chi connectivity index (χ1n) is 9.33. The molecular weight excluding hydrogens is 374 g/mol. The number of carbonyl (C=O) groups excluding carboxylic acids is 3. The van der Waals surface area contributed by atoms with Gasteiger partial charge in [0.05, 0.1) is 5.69 Å². The van der Waals surface area contributed by atoms with E-state index in [-0.39, 0.29) is 17.7 Å². The van der Waals surface area contributed by atoms with Crippen LogP contribution < -0.4 is 10.6 Å². The summed E-state index contributed by atoms with van der Waals surface area (Å²) in [6, 6.07) is 12.9. The van der Waals surface area contributed by atoms with Crippen LogP contribution in [-0.2, 0) is 16.1 Å². The standard InChI is InChI=1S/C21H21N3O3S/c25-19-8-10-28-18-7-6-15(12-17(18)23-19)21(27)22-16-4-1-3-14(11-16)13-24-9-2-5-20(24)26/h1,3-4,6-7,11-12H,2,5,8-10,13H2,(H,22,27)(H,23,25). The van der Waals surface area contributed by atoms with Crippen LogP contribution in [0.25, 0.3) is 0 Å². The van der Waals surface area contributed by atoms with Crippen LogP contribution in [-0.4, -0.2) is 34.9 Å². The third-order valence-corrected chi connectivity index (χ3v) is 5.91. The van der Waals surface area contributed by atoms with E-state index >= 15 is 0 Å². The molecule has 0 radical (unpaired) electrons. The van der Waals surface area contributed by atoms with Crippen LogP contribution in [0.15, 0.2) is 47.4 Å². The van der Waals surface area contributed by atoms with Crippen molar-refractivity contribution in [2.45, 2.75) is 30.7 Å². The number of hydrogen-bond acceptors (Lipinski definition) is 4. The predicted molar refractivity (Wildman–Crippen MR) is 109 cm³/mol. The summed E-state index contributed by atoms with van der Waals surface area (Å²) < 4.78 is 0. The van der Waals surface area contributed by atoms with Gasteiger partial charge in [-0.05, 0) is 42.3 Å². The Hall–Kier alpha value is -2.80. The first kappa shape index (κ1) is 18.6. The number of thioether (sulfide) groups is 1. The van der Waals surface area contributed by atoms with E-state index in [0.29, 0.717) is 36.3 Å². The number of nitrogens with zero attached hydrogens (tertiary/aromatic N) is 1. The average Bonchev–Trinajstić information content (AvgIpc) is 2.97. The number of anilines is 2. The summed E-state index contributed by atoms with van der Waals surface area (Å²) in [7, 11) is 0. The van der Waals surface area contributed by atoms with Gasteiger partial charge < -0.3 is 15.5 Å². The lowest BCUT2D eigenvalue weighted by Gasteiger charge is -2.16. The number of carbonyl (C=O) groups is 3. The maximum atomic E-state index is 12.7. The normalized spacial score (nSPS) is 16.4. The van der Waals surface area contributed by atoms with Gasteiger partial charge in [-0.2, -0.15) is 0 Å². The molecule has 7 heteroatoms. The first-order chi connectivity index (χ1) is 13.6. The quantitative estimate of drug-likeness (QED) is 0.831. The van der Waals surface area contributed by atoms with E-state index in [0.717, 1.165) is 29.2 Å². The largest absolute Gasteiger partial charge is 0.338 e. The molecule has 2 aromatic rings. The fraction of sp³-hybridized carbons (Fsp3) is 0.286. The molecule has 144 valence electrons. The van der Waals surface area contributed by atoms with Gasteiger partial charge >= 0.3 is 0 Å². The Balaban J connectivity index is 1.47. The zero-order chi connectivity index (χ0) is 19.5. The second-order valence-electron chi connectivity index (χ2n) is 6.93. The molecule has 28 heavy (non-hydrogen) atoms. The molecule has 1 saturated heterocycles. The summed E-state index contributed by atoms with van der Waals surface area (Å²) in [6.07, 6.45) is 1.99. The Labute approximate surface area is 167 Å². The highest BCUT2D eigenvalue weighted by Gasteiger charge is 2.20. The minimum absolute atomic E-state index is 0.0343. The maximum Gasteiger partial charge on any atom is 0.255 e. The third-order valence-electron chi connectivity index (χ3n) is 4.83. The van der Waals surface area contributed by atoms with Crippen LogP contribution in [0.1, 0.15) is 35.2 Å². The molecule has 0 aliphatic carbocycles. The van der Waals surface area contributed by atoms with Crippen molar-refractivity contribution in [3.05, 3.63) is 53.6 Å². The van der Waals surface area contributed by atoms with E-state index < -0.39 is 0 Å². The molecule has 0 atom stereocenters. The lowest BCUT2D eigenvalue weighted by atomic mass is 10.1. The van der Waals surface area contributed by atoms with Crippen molar-refractivity contribution in [1.82, 2.24) is 4.90 Å². The van der Waals surface area contributed by atoms with Crippen LogP contribution in [0.2, 0.25) is 0 Å². The van der Waals surface area contributed by atoms with Crippen molar-refractivity contribution >= 4 is 40.9 Å². The zero-order valence-electron chi connectivity index (χ0n) is 15.4. The highest BCUT2D eigenvalue weighted by Crippen LogP contribution is 2.31. The molecule has 2 aromatic carbocycles. The van der Waals surface area contributed by atoms with E-state index in [1.807, 2.05) is 35.2 Å². The zero-order valence-corrected chi connectivity index (χ0v) is 16.2. The van der Waals surface area contributed by atoms with Crippen LogP contribution in [0, 0.1) is 0 Å². The Morgan fingerprint density at radius 2 is 2.04 bits per heavy atom. The molecule has 4 rings (SSSR count). The maximum absolute atomic E-state index is 12.7. The monoisotopic (exact) mass is 395 g/mol. The Morgan fingerprint density at radius 3 is 2.86 bits per heavy atom. The topological polar surface area (TPSA) is 78.5 Å². The molecule has 0 aromatic heterocycles. The molecule has 3 amide bonds. The number of fused-ring (bicyclic) bond motifs is 1. The molecule has 2 aliphatic heterocycles. The van der Waals surface area contributed by atoms with E-state index in [4.69, 9.17) is 0 Å². The van der Waals surface area contributed by atoms with Crippen molar-refractivity contribution in [2.24, 2.45) is 0 Å². The molecule has 0 bridgehead atoms. The van der Waals surface area contributed by atoms with Crippen molar-refractivity contribution in [3.8, 4) is 0 Å². The number of rotatable bonds is 4.